The summed E-state index contributed by atoms with van der Waals surface area (Å²) in [6.45, 7) is 5.29. The molecule has 57 heavy (non-hydrogen) atoms. The number of hydrogen-bond acceptors (Lipinski definition) is 9. The van der Waals surface area contributed by atoms with E-state index in [9.17, 15) is 24.6 Å². The van der Waals surface area contributed by atoms with Crippen LogP contribution < -0.4 is 15.6 Å². The molecule has 11 nitrogen and oxygen atoms in total. The summed E-state index contributed by atoms with van der Waals surface area (Å²) in [4.78, 5) is 46.2. The number of aromatic nitrogens is 1. The lowest BCUT2D eigenvalue weighted by molar-refractivity contribution is -0.167. The number of esters is 1. The molecule has 4 fully saturated rings. The number of phenols is 1. The first-order valence-electron chi connectivity index (χ1n) is 20.1. The number of piperidine rings is 4. The average molecular weight is 771 g/mol. The molecule has 0 radical (unpaired) electrons. The topological polar surface area (TPSA) is 144 Å². The second kappa shape index (κ2) is 16.9. The Morgan fingerprint density at radius 3 is 2.28 bits per heavy atom. The smallest absolute Gasteiger partial charge is 0.317 e. The van der Waals surface area contributed by atoms with Crippen molar-refractivity contribution in [3.8, 4) is 11.5 Å². The van der Waals surface area contributed by atoms with Gasteiger partial charge >= 0.3 is 5.97 Å². The van der Waals surface area contributed by atoms with Gasteiger partial charge in [-0.25, -0.2) is 0 Å². The lowest BCUT2D eigenvalue weighted by Crippen LogP contribution is -2.55. The van der Waals surface area contributed by atoms with E-state index in [0.717, 1.165) is 55.6 Å². The van der Waals surface area contributed by atoms with Crippen LogP contribution in [0.3, 0.4) is 0 Å². The lowest BCUT2D eigenvalue weighted by atomic mass is 9.72. The monoisotopic (exact) mass is 770 g/mol. The van der Waals surface area contributed by atoms with Gasteiger partial charge in [0.05, 0.1) is 17.0 Å². The lowest BCUT2D eigenvalue weighted by Gasteiger charge is -2.46. The zero-order chi connectivity index (χ0) is 39.4. The maximum absolute atomic E-state index is 14.0. The number of aromatic amines is 1. The van der Waals surface area contributed by atoms with Crippen molar-refractivity contribution in [3.05, 3.63) is 141 Å². The van der Waals surface area contributed by atoms with Crippen LogP contribution in [0.4, 0.5) is 0 Å². The summed E-state index contributed by atoms with van der Waals surface area (Å²) in [5.41, 5.74) is 3.57. The van der Waals surface area contributed by atoms with E-state index in [1.54, 1.807) is 24.3 Å². The summed E-state index contributed by atoms with van der Waals surface area (Å²) in [5, 5.41) is 24.8. The molecule has 0 aliphatic carbocycles. The molecule has 4 saturated heterocycles. The molecule has 1 aromatic heterocycles. The number of ether oxygens (including phenoxy) is 2. The highest BCUT2D eigenvalue weighted by atomic mass is 16.5. The number of aromatic hydroxyl groups is 1. The van der Waals surface area contributed by atoms with Crippen LogP contribution in [-0.4, -0.2) is 88.8 Å². The summed E-state index contributed by atoms with van der Waals surface area (Å²) in [5.74, 6) is 0.864. The van der Waals surface area contributed by atoms with Crippen molar-refractivity contribution in [2.75, 3.05) is 45.8 Å². The predicted molar refractivity (Wildman–Crippen MR) is 217 cm³/mol. The molecule has 2 atom stereocenters. The Hall–Kier alpha value is -5.49. The minimum absolute atomic E-state index is 0.0360. The number of carbonyl (C=O) groups is 2. The van der Waals surface area contributed by atoms with Gasteiger partial charge in [-0.05, 0) is 116 Å². The van der Waals surface area contributed by atoms with Gasteiger partial charge in [-0.1, -0.05) is 60.7 Å². The van der Waals surface area contributed by atoms with Gasteiger partial charge in [-0.2, -0.15) is 0 Å². The van der Waals surface area contributed by atoms with Gasteiger partial charge in [0.25, 0.3) is 5.91 Å². The molecule has 0 saturated carbocycles. The van der Waals surface area contributed by atoms with Crippen LogP contribution in [-0.2, 0) is 28.0 Å². The predicted octanol–water partition coefficient (Wildman–Crippen LogP) is 5.49. The molecule has 4 N–H and O–H groups in total. The number of aliphatic hydroxyl groups excluding tert-OH is 1. The van der Waals surface area contributed by atoms with Crippen molar-refractivity contribution in [2.45, 2.75) is 56.3 Å². The van der Waals surface area contributed by atoms with Crippen molar-refractivity contribution < 1.29 is 29.3 Å². The van der Waals surface area contributed by atoms with Gasteiger partial charge in [-0.15, -0.1) is 0 Å². The molecule has 1 amide bonds. The van der Waals surface area contributed by atoms with Crippen LogP contribution in [0.5, 0.6) is 11.5 Å². The summed E-state index contributed by atoms with van der Waals surface area (Å²) in [7, 11) is 0. The van der Waals surface area contributed by atoms with Gasteiger partial charge in [0, 0.05) is 43.2 Å². The molecule has 9 rings (SSSR count). The number of nitrogens with zero attached hydrogens (tertiary/aromatic N) is 2. The SMILES string of the molecule is O=C(c1ccc(OCc2ccc(CCNCC(O)c3ccc(O)c4[nH]c(=O)ccc34)cc2)cc1)N1CCC(C(=O)O[C@H]2CN3CCC2CC3)(c2ccccc2)CC1. The molecule has 4 aromatic carbocycles. The Morgan fingerprint density at radius 2 is 1.58 bits per heavy atom. The zero-order valence-electron chi connectivity index (χ0n) is 32.1. The third-order valence-electron chi connectivity index (χ3n) is 12.2. The number of benzene rings is 4. The highest BCUT2D eigenvalue weighted by Crippen LogP contribution is 2.39. The number of fused-ring (bicyclic) bond motifs is 4. The highest BCUT2D eigenvalue weighted by Gasteiger charge is 2.47. The number of carbonyl (C=O) groups excluding carboxylic acids is 2. The Kier molecular flexibility index (Phi) is 11.4. The van der Waals surface area contributed by atoms with Gasteiger partial charge < -0.3 is 34.9 Å². The number of amides is 1. The molecular formula is C46H50N4O7. The van der Waals surface area contributed by atoms with Gasteiger partial charge in [-0.3, -0.25) is 19.3 Å². The van der Waals surface area contributed by atoms with Crippen molar-refractivity contribution in [1.29, 1.82) is 0 Å². The molecule has 296 valence electrons. The second-order valence-electron chi connectivity index (χ2n) is 15.7. The van der Waals surface area contributed by atoms with E-state index in [1.807, 2.05) is 59.5 Å². The summed E-state index contributed by atoms with van der Waals surface area (Å²) < 4.78 is 12.4. The minimum Gasteiger partial charge on any atom is -0.506 e. The maximum atomic E-state index is 14.0. The first-order chi connectivity index (χ1) is 27.8. The van der Waals surface area contributed by atoms with E-state index < -0.39 is 11.5 Å². The molecule has 0 spiro atoms. The quantitative estimate of drug-likeness (QED) is 0.0903. The number of likely N-dealkylation sites (tertiary alicyclic amines) is 1. The highest BCUT2D eigenvalue weighted by molar-refractivity contribution is 5.95. The van der Waals surface area contributed by atoms with E-state index in [4.69, 9.17) is 9.47 Å². The van der Waals surface area contributed by atoms with Gasteiger partial charge in [0.2, 0.25) is 5.56 Å². The van der Waals surface area contributed by atoms with Crippen molar-refractivity contribution >= 4 is 22.8 Å². The molecule has 11 heteroatoms. The molecule has 4 aliphatic rings. The average Bonchev–Trinajstić information content (AvgIpc) is 3.25. The third kappa shape index (κ3) is 8.46. The van der Waals surface area contributed by atoms with Crippen molar-refractivity contribution in [3.63, 3.8) is 0 Å². The summed E-state index contributed by atoms with van der Waals surface area (Å²) >= 11 is 0. The number of aliphatic hydroxyl groups is 1. The number of pyridine rings is 1. The molecular weight excluding hydrogens is 721 g/mol. The normalized spacial score (nSPS) is 20.6. The standard InChI is InChI=1S/C46H50N4O7/c51-39-16-14-37(38-15-17-42(53)48-43(38)39)40(52)28-47-23-18-31-6-8-32(9-7-31)30-56-36-12-10-34(11-13-36)44(54)50-26-21-46(22-27-50,35-4-2-1-3-5-35)45(55)57-41-29-49-24-19-33(41)20-25-49/h1-17,33,40-41,47,51-52H,18-30H2,(H,48,53)/t40?,41-/m0/s1. The van der Waals surface area contributed by atoms with Crippen LogP contribution >= 0.6 is 0 Å². The third-order valence-corrected chi connectivity index (χ3v) is 12.2. The number of H-pyrrole nitrogens is 1. The fourth-order valence-corrected chi connectivity index (χ4v) is 8.73. The molecule has 5 heterocycles. The van der Waals surface area contributed by atoms with Crippen LogP contribution in [0.25, 0.3) is 10.9 Å². The number of rotatable bonds is 13. The fraction of sp³-hybridized carbons (Fsp3) is 0.370. The Morgan fingerprint density at radius 1 is 0.860 bits per heavy atom. The molecule has 2 bridgehead atoms. The van der Waals surface area contributed by atoms with E-state index in [1.165, 1.54) is 12.1 Å². The van der Waals surface area contributed by atoms with Gasteiger partial charge in [0.1, 0.15) is 24.2 Å². The van der Waals surface area contributed by atoms with E-state index >= 15 is 0 Å². The Bertz CT molecular complexity index is 2230. The number of hydrogen-bond donors (Lipinski definition) is 4. The van der Waals surface area contributed by atoms with Crippen molar-refractivity contribution in [1.82, 2.24) is 20.1 Å². The first kappa shape index (κ1) is 38.4. The summed E-state index contributed by atoms with van der Waals surface area (Å²) in [6, 6.07) is 31.5. The van der Waals surface area contributed by atoms with E-state index in [0.29, 0.717) is 79.3 Å². The fourth-order valence-electron chi connectivity index (χ4n) is 8.73. The van der Waals surface area contributed by atoms with E-state index in [-0.39, 0.29) is 29.3 Å². The maximum Gasteiger partial charge on any atom is 0.317 e. The minimum atomic E-state index is -0.812. The Labute approximate surface area is 332 Å². The van der Waals surface area contributed by atoms with Crippen LogP contribution in [0, 0.1) is 5.92 Å². The van der Waals surface area contributed by atoms with Crippen LogP contribution in [0.15, 0.2) is 108 Å². The van der Waals surface area contributed by atoms with Gasteiger partial charge in [0.15, 0.2) is 0 Å². The van der Waals surface area contributed by atoms with E-state index in [2.05, 4.69) is 27.3 Å². The Balaban J connectivity index is 0.796. The molecule has 1 unspecified atom stereocenters. The number of phenolic OH excluding ortho intramolecular Hbond substituents is 1. The number of nitrogens with one attached hydrogen (secondary N) is 2. The van der Waals surface area contributed by atoms with Crippen molar-refractivity contribution in [2.24, 2.45) is 5.92 Å². The largest absolute Gasteiger partial charge is 0.506 e. The van der Waals surface area contributed by atoms with Crippen LogP contribution in [0.2, 0.25) is 0 Å². The summed E-state index contributed by atoms with van der Waals surface area (Å²) in [6.07, 6.45) is 3.10. The zero-order valence-corrected chi connectivity index (χ0v) is 32.1. The molecule has 4 aliphatic heterocycles. The van der Waals surface area contributed by atoms with Crippen LogP contribution in [0.1, 0.15) is 64.4 Å². The second-order valence-corrected chi connectivity index (χ2v) is 15.7. The molecule has 5 aromatic rings. The first-order valence-corrected chi connectivity index (χ1v) is 20.1.